The number of hydrogen-bond donors (Lipinski definition) is 1. The van der Waals surface area contributed by atoms with Gasteiger partial charge in [-0.1, -0.05) is 0 Å². The number of carbonyl (C=O) groups excluding carboxylic acids is 2. The van der Waals surface area contributed by atoms with Crippen molar-refractivity contribution >= 4 is 35.5 Å². The largest absolute Gasteiger partial charge is 0.294 e. The summed E-state index contributed by atoms with van der Waals surface area (Å²) in [7, 11) is 1.47. The average Bonchev–Trinajstić information content (AvgIpc) is 2.53. The number of ketones is 1. The Labute approximate surface area is 133 Å². The molecule has 1 aromatic rings. The van der Waals surface area contributed by atoms with E-state index < -0.39 is 0 Å². The maximum Gasteiger partial charge on any atom is 0.265 e. The summed E-state index contributed by atoms with van der Waals surface area (Å²) >= 11 is 1.55. The van der Waals surface area contributed by atoms with Crippen molar-refractivity contribution in [2.24, 2.45) is 15.3 Å². The highest BCUT2D eigenvalue weighted by Gasteiger charge is 2.07. The van der Waals surface area contributed by atoms with Crippen LogP contribution >= 0.6 is 11.8 Å². The third-order valence-electron chi connectivity index (χ3n) is 2.54. The van der Waals surface area contributed by atoms with Gasteiger partial charge in [0.2, 0.25) is 0 Å². The molecule has 0 aliphatic heterocycles. The molecule has 0 saturated heterocycles. The Morgan fingerprint density at radius 2 is 2.09 bits per heavy atom. The lowest BCUT2D eigenvalue weighted by Crippen LogP contribution is -2.03. The summed E-state index contributed by atoms with van der Waals surface area (Å²) in [6.45, 7) is 1.79. The van der Waals surface area contributed by atoms with Crippen LogP contribution in [0.2, 0.25) is 0 Å². The van der Waals surface area contributed by atoms with Crippen LogP contribution < -0.4 is 5.43 Å². The van der Waals surface area contributed by atoms with E-state index in [1.165, 1.54) is 13.2 Å². The number of pyridine rings is 1. The minimum atomic E-state index is -0.233. The van der Waals surface area contributed by atoms with Crippen molar-refractivity contribution in [1.82, 2.24) is 4.98 Å². The monoisotopic (exact) mass is 321 g/mol. The highest BCUT2D eigenvalue weighted by molar-refractivity contribution is 7.99. The summed E-state index contributed by atoms with van der Waals surface area (Å²) in [5.74, 6) is 1.69. The first-order valence-corrected chi connectivity index (χ1v) is 7.96. The van der Waals surface area contributed by atoms with Crippen LogP contribution in [0.4, 0.5) is 5.82 Å². The Kier molecular flexibility index (Phi) is 8.66. The van der Waals surface area contributed by atoms with E-state index in [0.29, 0.717) is 35.7 Å². The molecule has 7 nitrogen and oxygen atoms in total. The molecule has 0 aliphatic rings. The van der Waals surface area contributed by atoms with Crippen molar-refractivity contribution in [2.45, 2.75) is 19.8 Å². The Hall–Kier alpha value is -2.09. The smallest absolute Gasteiger partial charge is 0.265 e. The lowest BCUT2D eigenvalue weighted by molar-refractivity contribution is -0.117. The standard InChI is InChI=1S/C14H19N5O2S/c1-3-17-18-13-5-4-11(10-16-13)12(20)6-8-22-9-7-14(21)19-15-2/h3-5,10H,6-9H2,1-2H3,(H,16,18)/b17-3+,19-15+. The van der Waals surface area contributed by atoms with Crippen molar-refractivity contribution in [2.75, 3.05) is 24.0 Å². The van der Waals surface area contributed by atoms with E-state index >= 15 is 0 Å². The van der Waals surface area contributed by atoms with Crippen LogP contribution in [0, 0.1) is 0 Å². The van der Waals surface area contributed by atoms with Gasteiger partial charge < -0.3 is 0 Å². The number of anilines is 1. The second-order valence-corrected chi connectivity index (χ2v) is 5.39. The Morgan fingerprint density at radius 3 is 2.73 bits per heavy atom. The van der Waals surface area contributed by atoms with Crippen LogP contribution in [0.15, 0.2) is 33.7 Å². The highest BCUT2D eigenvalue weighted by atomic mass is 32.2. The van der Waals surface area contributed by atoms with Crippen molar-refractivity contribution in [3.05, 3.63) is 23.9 Å². The molecule has 1 N–H and O–H groups in total. The van der Waals surface area contributed by atoms with E-state index in [1.807, 2.05) is 0 Å². The topological polar surface area (TPSA) is 96.1 Å². The minimum absolute atomic E-state index is 0.0325. The first kappa shape index (κ1) is 18.0. The number of amides is 1. The van der Waals surface area contributed by atoms with Gasteiger partial charge >= 0.3 is 0 Å². The Bertz CT molecular complexity index is 543. The number of carbonyl (C=O) groups is 2. The number of nitrogens with one attached hydrogen (secondary N) is 1. The summed E-state index contributed by atoms with van der Waals surface area (Å²) < 4.78 is 0. The predicted molar refractivity (Wildman–Crippen MR) is 88.7 cm³/mol. The van der Waals surface area contributed by atoms with E-state index in [4.69, 9.17) is 0 Å². The molecule has 8 heteroatoms. The summed E-state index contributed by atoms with van der Waals surface area (Å²) in [6, 6.07) is 3.43. The summed E-state index contributed by atoms with van der Waals surface area (Å²) in [5, 5.41) is 10.7. The maximum atomic E-state index is 12.0. The molecule has 0 radical (unpaired) electrons. The molecule has 118 valence electrons. The lowest BCUT2D eigenvalue weighted by Gasteiger charge is -2.02. The summed E-state index contributed by atoms with van der Waals surface area (Å²) in [6.07, 6.45) is 3.90. The van der Waals surface area contributed by atoms with Crippen molar-refractivity contribution in [3.8, 4) is 0 Å². The van der Waals surface area contributed by atoms with Gasteiger partial charge in [0.1, 0.15) is 5.82 Å². The number of hydrogen-bond acceptors (Lipinski definition) is 7. The van der Waals surface area contributed by atoms with Gasteiger partial charge in [0.15, 0.2) is 5.78 Å². The fourth-order valence-corrected chi connectivity index (χ4v) is 2.34. The molecule has 0 saturated carbocycles. The van der Waals surface area contributed by atoms with E-state index in [2.05, 4.69) is 25.7 Å². The molecule has 1 amide bonds. The molecule has 0 atom stereocenters. The third kappa shape index (κ3) is 7.07. The summed E-state index contributed by atoms with van der Waals surface area (Å²) in [5.41, 5.74) is 3.31. The normalized spacial score (nSPS) is 11.2. The highest BCUT2D eigenvalue weighted by Crippen LogP contribution is 2.11. The number of hydrazone groups is 1. The molecule has 0 fully saturated rings. The summed E-state index contributed by atoms with van der Waals surface area (Å²) in [4.78, 5) is 27.2. The van der Waals surface area contributed by atoms with Crippen molar-refractivity contribution < 1.29 is 9.59 Å². The van der Waals surface area contributed by atoms with Crippen molar-refractivity contribution in [1.29, 1.82) is 0 Å². The van der Waals surface area contributed by atoms with E-state index in [0.717, 1.165) is 0 Å². The Morgan fingerprint density at radius 1 is 1.32 bits per heavy atom. The molecule has 1 heterocycles. The second kappa shape index (κ2) is 10.6. The number of azo groups is 1. The van der Waals surface area contributed by atoms with Gasteiger partial charge in [-0.05, 0) is 19.1 Å². The van der Waals surface area contributed by atoms with Crippen LogP contribution in [-0.2, 0) is 4.79 Å². The van der Waals surface area contributed by atoms with Gasteiger partial charge in [-0.15, -0.1) is 5.11 Å². The van der Waals surface area contributed by atoms with E-state index in [9.17, 15) is 9.59 Å². The minimum Gasteiger partial charge on any atom is -0.294 e. The molecule has 0 aliphatic carbocycles. The third-order valence-corrected chi connectivity index (χ3v) is 3.52. The quantitative estimate of drug-likeness (QED) is 0.248. The first-order chi connectivity index (χ1) is 10.7. The maximum absolute atomic E-state index is 12.0. The van der Waals surface area contributed by atoms with Gasteiger partial charge in [-0.25, -0.2) is 4.98 Å². The van der Waals surface area contributed by atoms with E-state index in [1.54, 1.807) is 37.0 Å². The average molecular weight is 321 g/mol. The zero-order valence-electron chi connectivity index (χ0n) is 12.7. The first-order valence-electron chi connectivity index (χ1n) is 6.80. The van der Waals surface area contributed by atoms with Crippen molar-refractivity contribution in [3.63, 3.8) is 0 Å². The van der Waals surface area contributed by atoms with Crippen LogP contribution in [0.1, 0.15) is 30.1 Å². The van der Waals surface area contributed by atoms with Crippen LogP contribution in [0.5, 0.6) is 0 Å². The fraction of sp³-hybridized carbons (Fsp3) is 0.429. The number of thioether (sulfide) groups is 1. The molecule has 22 heavy (non-hydrogen) atoms. The number of nitrogens with zero attached hydrogens (tertiary/aromatic N) is 4. The van der Waals surface area contributed by atoms with Crippen LogP contribution in [0.3, 0.4) is 0 Å². The van der Waals surface area contributed by atoms with Gasteiger partial charge in [0.25, 0.3) is 5.91 Å². The van der Waals surface area contributed by atoms with Crippen LogP contribution in [0.25, 0.3) is 0 Å². The molecule has 0 aromatic carbocycles. The molecular formula is C14H19N5O2S. The van der Waals surface area contributed by atoms with Gasteiger partial charge in [-0.2, -0.15) is 22.0 Å². The molecular weight excluding hydrogens is 302 g/mol. The zero-order chi connectivity index (χ0) is 16.2. The van der Waals surface area contributed by atoms with Gasteiger partial charge in [-0.3, -0.25) is 15.0 Å². The van der Waals surface area contributed by atoms with E-state index in [-0.39, 0.29) is 11.7 Å². The lowest BCUT2D eigenvalue weighted by atomic mass is 10.1. The molecule has 0 unspecified atom stereocenters. The predicted octanol–water partition coefficient (Wildman–Crippen LogP) is 2.80. The number of aromatic nitrogens is 1. The number of Topliss-reactive ketones (excluding diaryl/α,β-unsaturated/α-hetero) is 1. The number of rotatable bonds is 9. The van der Waals surface area contributed by atoms with Gasteiger partial charge in [0.05, 0.1) is 0 Å². The molecule has 0 bridgehead atoms. The van der Waals surface area contributed by atoms with Gasteiger partial charge in [0, 0.05) is 49.4 Å². The molecule has 1 aromatic heterocycles. The Balaban J connectivity index is 2.29. The SMILES string of the molecule is C/C=N/Nc1ccc(C(=O)CCSCCC(=O)/N=N/C)cn1. The fourth-order valence-electron chi connectivity index (χ4n) is 1.49. The zero-order valence-corrected chi connectivity index (χ0v) is 13.5. The van der Waals surface area contributed by atoms with Crippen LogP contribution in [-0.4, -0.2) is 41.4 Å². The molecule has 0 spiro atoms. The molecule has 1 rings (SSSR count). The second-order valence-electron chi connectivity index (χ2n) is 4.16.